The molecule has 0 atom stereocenters. The lowest BCUT2D eigenvalue weighted by Crippen LogP contribution is -2.50. The Labute approximate surface area is 206 Å². The van der Waals surface area contributed by atoms with E-state index < -0.39 is 32.5 Å². The van der Waals surface area contributed by atoms with Crippen molar-refractivity contribution in [2.24, 2.45) is 0 Å². The van der Waals surface area contributed by atoms with Crippen LogP contribution >= 0.6 is 11.3 Å². The van der Waals surface area contributed by atoms with E-state index in [1.54, 1.807) is 25.2 Å². The molecule has 1 aliphatic rings. The summed E-state index contributed by atoms with van der Waals surface area (Å²) < 4.78 is 60.9. The highest BCUT2D eigenvalue weighted by molar-refractivity contribution is 7.89. The first-order valence-corrected chi connectivity index (χ1v) is 13.6. The van der Waals surface area contributed by atoms with Gasteiger partial charge in [0.1, 0.15) is 17.3 Å². The quantitative estimate of drug-likeness (QED) is 0.451. The van der Waals surface area contributed by atoms with E-state index in [0.29, 0.717) is 31.3 Å². The van der Waals surface area contributed by atoms with Crippen molar-refractivity contribution in [1.82, 2.24) is 14.1 Å². The number of thiophene rings is 1. The van der Waals surface area contributed by atoms with E-state index in [2.05, 4.69) is 5.10 Å². The highest BCUT2D eigenvalue weighted by atomic mass is 32.2. The van der Waals surface area contributed by atoms with Gasteiger partial charge < -0.3 is 9.64 Å². The van der Waals surface area contributed by atoms with Crippen LogP contribution in [0, 0.1) is 11.6 Å². The van der Waals surface area contributed by atoms with Crippen molar-refractivity contribution in [2.75, 3.05) is 37.7 Å². The Balaban J connectivity index is 1.64. The molecule has 3 aromatic rings. The van der Waals surface area contributed by atoms with Gasteiger partial charge in [-0.05, 0) is 48.4 Å². The zero-order valence-corrected chi connectivity index (χ0v) is 21.0. The van der Waals surface area contributed by atoms with Crippen LogP contribution < -0.4 is 15.2 Å². The fourth-order valence-corrected chi connectivity index (χ4v) is 5.79. The number of anilines is 1. The molecule has 1 fully saturated rings. The van der Waals surface area contributed by atoms with Crippen LogP contribution in [0.15, 0.2) is 46.0 Å². The van der Waals surface area contributed by atoms with Gasteiger partial charge >= 0.3 is 5.56 Å². The Morgan fingerprint density at radius 1 is 1.11 bits per heavy atom. The minimum Gasteiger partial charge on any atom is -0.486 e. The van der Waals surface area contributed by atoms with Gasteiger partial charge in [0, 0.05) is 38.7 Å². The van der Waals surface area contributed by atoms with Gasteiger partial charge in [-0.1, -0.05) is 0 Å². The van der Waals surface area contributed by atoms with Crippen molar-refractivity contribution in [2.45, 2.75) is 25.5 Å². The number of piperazine rings is 1. The Hall–Kier alpha value is -2.83. The van der Waals surface area contributed by atoms with Gasteiger partial charge in [0.15, 0.2) is 0 Å². The van der Waals surface area contributed by atoms with Gasteiger partial charge in [-0.15, -0.1) is 0 Å². The van der Waals surface area contributed by atoms with Crippen molar-refractivity contribution in [3.63, 3.8) is 0 Å². The standard InChI is InChI=1S/C23H26F2N4O4S2/c1-16(2)35(31,32)28-7-5-27(6-8-28)21-14-26-29(20-12-18(24)11-19(25)13-20)23(30)22(21)33-9-3-17-4-10-34-15-17/h4,10-16H,3,5-9H2,1-2H3. The minimum atomic E-state index is -3.39. The lowest BCUT2D eigenvalue weighted by Gasteiger charge is -2.36. The second kappa shape index (κ2) is 10.4. The number of hydrogen-bond acceptors (Lipinski definition) is 7. The molecule has 1 saturated heterocycles. The van der Waals surface area contributed by atoms with Crippen molar-refractivity contribution in [3.8, 4) is 11.4 Å². The summed E-state index contributed by atoms with van der Waals surface area (Å²) in [5.41, 5.74) is 0.755. The van der Waals surface area contributed by atoms with Gasteiger partial charge in [0.25, 0.3) is 0 Å². The molecular weight excluding hydrogens is 498 g/mol. The van der Waals surface area contributed by atoms with Crippen LogP contribution in [0.3, 0.4) is 0 Å². The Kier molecular flexibility index (Phi) is 7.53. The molecule has 0 spiro atoms. The second-order valence-corrected chi connectivity index (χ2v) is 11.7. The molecule has 8 nitrogen and oxygen atoms in total. The van der Waals surface area contributed by atoms with Crippen molar-refractivity contribution < 1.29 is 21.9 Å². The minimum absolute atomic E-state index is 0.0000608. The molecule has 12 heteroatoms. The van der Waals surface area contributed by atoms with E-state index in [-0.39, 0.29) is 31.1 Å². The van der Waals surface area contributed by atoms with Gasteiger partial charge in [-0.2, -0.15) is 25.4 Å². The normalized spacial score (nSPS) is 15.1. The molecule has 1 aromatic carbocycles. The molecule has 0 aliphatic carbocycles. The lowest BCUT2D eigenvalue weighted by atomic mass is 10.2. The molecule has 0 radical (unpaired) electrons. The number of hydrogen-bond donors (Lipinski definition) is 0. The Bertz CT molecular complexity index is 1320. The molecule has 3 heterocycles. The smallest absolute Gasteiger partial charge is 0.316 e. The van der Waals surface area contributed by atoms with Crippen LogP contribution in [0.25, 0.3) is 5.69 Å². The van der Waals surface area contributed by atoms with Crippen molar-refractivity contribution >= 4 is 27.0 Å². The Morgan fingerprint density at radius 3 is 2.40 bits per heavy atom. The van der Waals surface area contributed by atoms with E-state index in [0.717, 1.165) is 22.4 Å². The van der Waals surface area contributed by atoms with Crippen LogP contribution in [0.4, 0.5) is 14.5 Å². The number of aromatic nitrogens is 2. The predicted octanol–water partition coefficient (Wildman–Crippen LogP) is 3.05. The monoisotopic (exact) mass is 524 g/mol. The summed E-state index contributed by atoms with van der Waals surface area (Å²) in [7, 11) is -3.39. The fraction of sp³-hybridized carbons (Fsp3) is 0.391. The van der Waals surface area contributed by atoms with Crippen LogP contribution in [-0.4, -0.2) is 60.5 Å². The van der Waals surface area contributed by atoms with Gasteiger partial charge in [-0.25, -0.2) is 17.2 Å². The van der Waals surface area contributed by atoms with Crippen LogP contribution in [0.2, 0.25) is 0 Å². The molecule has 1 aliphatic heterocycles. The van der Waals surface area contributed by atoms with E-state index in [1.165, 1.54) is 10.5 Å². The number of halogens is 2. The molecule has 2 aromatic heterocycles. The van der Waals surface area contributed by atoms with E-state index >= 15 is 0 Å². The summed E-state index contributed by atoms with van der Waals surface area (Å²) >= 11 is 1.56. The predicted molar refractivity (Wildman–Crippen MR) is 131 cm³/mol. The Morgan fingerprint density at radius 2 is 1.80 bits per heavy atom. The SMILES string of the molecule is CC(C)S(=O)(=O)N1CCN(c2cnn(-c3cc(F)cc(F)c3)c(=O)c2OCCc2ccsc2)CC1. The first kappa shape index (κ1) is 25.3. The number of nitrogens with zero attached hydrogens (tertiary/aromatic N) is 4. The topological polar surface area (TPSA) is 84.7 Å². The number of sulfonamides is 1. The maximum absolute atomic E-state index is 13.8. The number of ether oxygens (including phenoxy) is 1. The fourth-order valence-electron chi connectivity index (χ4n) is 3.82. The molecule has 0 bridgehead atoms. The zero-order chi connectivity index (χ0) is 25.2. The maximum Gasteiger partial charge on any atom is 0.316 e. The third kappa shape index (κ3) is 5.54. The summed E-state index contributed by atoms with van der Waals surface area (Å²) in [6, 6.07) is 4.71. The zero-order valence-electron chi connectivity index (χ0n) is 19.4. The third-order valence-corrected chi connectivity index (χ3v) is 8.77. The maximum atomic E-state index is 13.8. The summed E-state index contributed by atoms with van der Waals surface area (Å²) in [5, 5.41) is 7.55. The van der Waals surface area contributed by atoms with E-state index in [1.807, 2.05) is 21.7 Å². The van der Waals surface area contributed by atoms with E-state index in [9.17, 15) is 22.0 Å². The van der Waals surface area contributed by atoms with Gasteiger partial charge in [0.2, 0.25) is 15.8 Å². The highest BCUT2D eigenvalue weighted by Gasteiger charge is 2.31. The van der Waals surface area contributed by atoms with Crippen molar-refractivity contribution in [3.05, 3.63) is 68.8 Å². The molecule has 0 N–H and O–H groups in total. The average Bonchev–Trinajstić information content (AvgIpc) is 3.33. The number of benzene rings is 1. The number of rotatable bonds is 8. The molecule has 188 valence electrons. The summed E-state index contributed by atoms with van der Waals surface area (Å²) in [5.74, 6) is -1.67. The summed E-state index contributed by atoms with van der Waals surface area (Å²) in [4.78, 5) is 15.2. The molecule has 35 heavy (non-hydrogen) atoms. The average molecular weight is 525 g/mol. The summed E-state index contributed by atoms with van der Waals surface area (Å²) in [6.07, 6.45) is 1.98. The van der Waals surface area contributed by atoms with Crippen LogP contribution in [0.5, 0.6) is 5.75 Å². The highest BCUT2D eigenvalue weighted by Crippen LogP contribution is 2.27. The van der Waals surface area contributed by atoms with Gasteiger partial charge in [0.05, 0.1) is 23.7 Å². The van der Waals surface area contributed by atoms with Gasteiger partial charge in [-0.3, -0.25) is 4.79 Å². The third-order valence-electron chi connectivity index (χ3n) is 5.76. The lowest BCUT2D eigenvalue weighted by molar-refractivity contribution is 0.312. The molecule has 0 unspecified atom stereocenters. The van der Waals surface area contributed by atoms with Crippen molar-refractivity contribution in [1.29, 1.82) is 0 Å². The molecule has 4 rings (SSSR count). The molecule has 0 saturated carbocycles. The molecule has 0 amide bonds. The summed E-state index contributed by atoms with van der Waals surface area (Å²) in [6.45, 7) is 4.68. The second-order valence-electron chi connectivity index (χ2n) is 8.41. The van der Waals surface area contributed by atoms with Crippen LogP contribution in [0.1, 0.15) is 19.4 Å². The first-order valence-electron chi connectivity index (χ1n) is 11.1. The molecular formula is C23H26F2N4O4S2. The first-order chi connectivity index (χ1) is 16.7. The van der Waals surface area contributed by atoms with Crippen LogP contribution in [-0.2, 0) is 16.4 Å². The largest absolute Gasteiger partial charge is 0.486 e. The van der Waals surface area contributed by atoms with E-state index in [4.69, 9.17) is 4.74 Å².